The highest BCUT2D eigenvalue weighted by Crippen LogP contribution is 2.27. The molecule has 1 aliphatic heterocycles. The zero-order valence-corrected chi connectivity index (χ0v) is 15.5. The van der Waals surface area contributed by atoms with Crippen LogP contribution in [0.15, 0.2) is 24.7 Å². The molecule has 2 amide bonds. The van der Waals surface area contributed by atoms with E-state index in [4.69, 9.17) is 10.5 Å². The van der Waals surface area contributed by atoms with Gasteiger partial charge in [-0.15, -0.1) is 0 Å². The number of carbonyl (C=O) groups excluding carboxylic acids is 1. The Bertz CT molecular complexity index is 900. The number of hydrogen-bond donors (Lipinski definition) is 4. The van der Waals surface area contributed by atoms with Crippen LogP contribution in [0.4, 0.5) is 13.6 Å². The third kappa shape index (κ3) is 5.19. The quantitative estimate of drug-likeness (QED) is 0.520. The number of H-pyrrole nitrogens is 1. The molecule has 3 rings (SSSR count). The van der Waals surface area contributed by atoms with Gasteiger partial charge in [0.2, 0.25) is 0 Å². The van der Waals surface area contributed by atoms with Crippen LogP contribution in [0.3, 0.4) is 0 Å². The zero-order valence-electron chi connectivity index (χ0n) is 15.5. The van der Waals surface area contributed by atoms with E-state index in [1.807, 2.05) is 6.07 Å². The molecule has 0 aliphatic carbocycles. The summed E-state index contributed by atoms with van der Waals surface area (Å²) >= 11 is 0. The Morgan fingerprint density at radius 1 is 1.45 bits per heavy atom. The lowest BCUT2D eigenvalue weighted by Gasteiger charge is -2.17. The summed E-state index contributed by atoms with van der Waals surface area (Å²) in [5.41, 5.74) is 1.18. The number of aromatic amines is 1. The van der Waals surface area contributed by atoms with Crippen molar-refractivity contribution in [3.8, 4) is 11.4 Å². The molecule has 1 aliphatic rings. The second-order valence-corrected chi connectivity index (χ2v) is 6.49. The number of aliphatic hydroxyl groups is 1. The minimum atomic E-state index is -2.83. The van der Waals surface area contributed by atoms with E-state index in [0.29, 0.717) is 30.3 Å². The molecular weight excluding hydrogens is 384 g/mol. The van der Waals surface area contributed by atoms with Crippen LogP contribution in [0.25, 0.3) is 17.5 Å². The first-order valence-electron chi connectivity index (χ1n) is 9.03. The zero-order chi connectivity index (χ0) is 20.8. The summed E-state index contributed by atoms with van der Waals surface area (Å²) in [7, 11) is 0. The van der Waals surface area contributed by atoms with Crippen molar-refractivity contribution in [3.63, 3.8) is 0 Å². The highest BCUT2D eigenvalue weighted by Gasteiger charge is 2.28. The third-order valence-electron chi connectivity index (χ3n) is 4.50. The van der Waals surface area contributed by atoms with Gasteiger partial charge in [-0.3, -0.25) is 5.41 Å². The molecule has 0 aromatic carbocycles. The monoisotopic (exact) mass is 405 g/mol. The lowest BCUT2D eigenvalue weighted by molar-refractivity contribution is 0.203. The minimum Gasteiger partial charge on any atom is -0.395 e. The van der Waals surface area contributed by atoms with Crippen molar-refractivity contribution in [1.29, 1.82) is 5.41 Å². The van der Waals surface area contributed by atoms with E-state index in [1.165, 1.54) is 18.6 Å². The van der Waals surface area contributed by atoms with Gasteiger partial charge in [-0.05, 0) is 24.6 Å². The summed E-state index contributed by atoms with van der Waals surface area (Å²) in [5, 5.41) is 18.6. The van der Waals surface area contributed by atoms with Gasteiger partial charge in [0.05, 0.1) is 29.9 Å². The van der Waals surface area contributed by atoms with Crippen molar-refractivity contribution < 1.29 is 18.7 Å². The first-order chi connectivity index (χ1) is 14.0. The first kappa shape index (κ1) is 20.5. The molecule has 3 heterocycles. The first-order valence-corrected chi connectivity index (χ1v) is 9.03. The molecule has 1 atom stereocenters. The number of alkyl halides is 2. The van der Waals surface area contributed by atoms with Crippen molar-refractivity contribution in [3.05, 3.63) is 36.2 Å². The fourth-order valence-corrected chi connectivity index (χ4v) is 3.00. The van der Waals surface area contributed by atoms with Crippen LogP contribution < -0.4 is 5.32 Å². The van der Waals surface area contributed by atoms with Gasteiger partial charge in [0.15, 0.2) is 0 Å². The summed E-state index contributed by atoms with van der Waals surface area (Å²) < 4.78 is 24.7. The molecule has 1 unspecified atom stereocenters. The van der Waals surface area contributed by atoms with Gasteiger partial charge < -0.3 is 20.3 Å². The maximum Gasteiger partial charge on any atom is 0.317 e. The second-order valence-electron chi connectivity index (χ2n) is 6.49. The molecule has 0 radical (unpaired) electrons. The molecule has 0 bridgehead atoms. The molecule has 29 heavy (non-hydrogen) atoms. The van der Waals surface area contributed by atoms with E-state index in [2.05, 4.69) is 25.3 Å². The predicted molar refractivity (Wildman–Crippen MR) is 102 cm³/mol. The van der Waals surface area contributed by atoms with Gasteiger partial charge >= 0.3 is 6.03 Å². The number of hydrogen-bond acceptors (Lipinski definition) is 6. The standard InChI is InChI=1S/C18H21F2N7O2/c19-17(20)12(21)1-2-16-23-8-15(26-16)14-7-13(24-10-25-14)11-3-5-27(9-11)18(29)22-4-6-28/h1-2,7-8,10-11,17,21,28H,3-6,9H2,(H,22,29)(H,23,26)/b2-1-,21-12?. The SMILES string of the molecule is N=C(/C=C\c1ncc(-c2cc(C3CCN(C(=O)NCCO)C3)ncn2)[nH]1)C(F)F. The number of urea groups is 1. The van der Waals surface area contributed by atoms with E-state index in [0.717, 1.165) is 18.2 Å². The lowest BCUT2D eigenvalue weighted by Crippen LogP contribution is -2.39. The van der Waals surface area contributed by atoms with E-state index in [1.54, 1.807) is 4.90 Å². The number of nitrogens with zero attached hydrogens (tertiary/aromatic N) is 4. The third-order valence-corrected chi connectivity index (χ3v) is 4.50. The van der Waals surface area contributed by atoms with Crippen molar-refractivity contribution in [2.24, 2.45) is 0 Å². The topological polar surface area (TPSA) is 131 Å². The van der Waals surface area contributed by atoms with Crippen molar-refractivity contribution >= 4 is 17.8 Å². The number of aliphatic hydroxyl groups excluding tert-OH is 1. The lowest BCUT2D eigenvalue weighted by atomic mass is 10.0. The Kier molecular flexibility index (Phi) is 6.60. The summed E-state index contributed by atoms with van der Waals surface area (Å²) in [6, 6.07) is 1.59. The molecule has 11 heteroatoms. The van der Waals surface area contributed by atoms with Crippen molar-refractivity contribution in [1.82, 2.24) is 30.2 Å². The number of amides is 2. The molecule has 0 spiro atoms. The van der Waals surface area contributed by atoms with Gasteiger partial charge in [-0.25, -0.2) is 28.5 Å². The highest BCUT2D eigenvalue weighted by molar-refractivity contribution is 5.97. The largest absolute Gasteiger partial charge is 0.395 e. The van der Waals surface area contributed by atoms with E-state index in [9.17, 15) is 13.6 Å². The molecule has 1 saturated heterocycles. The van der Waals surface area contributed by atoms with Crippen molar-refractivity contribution in [2.45, 2.75) is 18.8 Å². The molecule has 4 N–H and O–H groups in total. The Labute approximate surface area is 165 Å². The van der Waals surface area contributed by atoms with E-state index >= 15 is 0 Å². The number of allylic oxidation sites excluding steroid dienone is 1. The summed E-state index contributed by atoms with van der Waals surface area (Å²) in [4.78, 5) is 29.3. The van der Waals surface area contributed by atoms with Crippen LogP contribution in [0, 0.1) is 5.41 Å². The Morgan fingerprint density at radius 3 is 3.03 bits per heavy atom. The van der Waals surface area contributed by atoms with E-state index < -0.39 is 12.1 Å². The summed E-state index contributed by atoms with van der Waals surface area (Å²) in [5.74, 6) is 0.392. The average molecular weight is 405 g/mol. The Balaban J connectivity index is 1.68. The van der Waals surface area contributed by atoms with Crippen LogP contribution >= 0.6 is 0 Å². The second kappa shape index (κ2) is 9.32. The van der Waals surface area contributed by atoms with Crippen LogP contribution in [0.1, 0.15) is 23.9 Å². The van der Waals surface area contributed by atoms with Gasteiger partial charge in [-0.1, -0.05) is 0 Å². The Hall–Kier alpha value is -3.21. The fourth-order valence-electron chi connectivity index (χ4n) is 3.00. The number of imidazole rings is 1. The maximum absolute atomic E-state index is 12.4. The summed E-state index contributed by atoms with van der Waals surface area (Å²) in [6.07, 6.45) is 3.19. The molecule has 9 nitrogen and oxygen atoms in total. The van der Waals surface area contributed by atoms with Crippen LogP contribution in [-0.2, 0) is 0 Å². The van der Waals surface area contributed by atoms with E-state index in [-0.39, 0.29) is 25.1 Å². The predicted octanol–water partition coefficient (Wildman–Crippen LogP) is 1.66. The van der Waals surface area contributed by atoms with Gasteiger partial charge in [0.1, 0.15) is 12.2 Å². The van der Waals surface area contributed by atoms with Crippen LogP contribution in [0.5, 0.6) is 0 Å². The normalized spacial score (nSPS) is 16.7. The number of nitrogens with one attached hydrogen (secondary N) is 3. The smallest absolute Gasteiger partial charge is 0.317 e. The fraction of sp³-hybridized carbons (Fsp3) is 0.389. The van der Waals surface area contributed by atoms with Gasteiger partial charge in [0, 0.05) is 31.2 Å². The Morgan fingerprint density at radius 2 is 2.28 bits per heavy atom. The maximum atomic E-state index is 12.4. The number of likely N-dealkylation sites (tertiary alicyclic amines) is 1. The molecule has 0 saturated carbocycles. The van der Waals surface area contributed by atoms with Crippen LogP contribution in [-0.4, -0.2) is 74.4 Å². The number of carbonyl (C=O) groups is 1. The van der Waals surface area contributed by atoms with Crippen molar-refractivity contribution in [2.75, 3.05) is 26.2 Å². The molecule has 2 aromatic rings. The number of aromatic nitrogens is 4. The molecule has 154 valence electrons. The number of rotatable bonds is 7. The van der Waals surface area contributed by atoms with Crippen LogP contribution in [0.2, 0.25) is 0 Å². The molecule has 1 fully saturated rings. The van der Waals surface area contributed by atoms with Gasteiger partial charge in [-0.2, -0.15) is 0 Å². The minimum absolute atomic E-state index is 0.0606. The summed E-state index contributed by atoms with van der Waals surface area (Å²) in [6.45, 7) is 1.21. The average Bonchev–Trinajstić information content (AvgIpc) is 3.40. The van der Waals surface area contributed by atoms with Gasteiger partial charge in [0.25, 0.3) is 6.43 Å². The highest BCUT2D eigenvalue weighted by atomic mass is 19.3. The number of halogens is 2. The molecular formula is C18H21F2N7O2. The molecule has 2 aromatic heterocycles.